The number of rotatable bonds is 8. The predicted molar refractivity (Wildman–Crippen MR) is 171 cm³/mol. The van der Waals surface area contributed by atoms with Crippen molar-refractivity contribution >= 4 is 50.5 Å². The van der Waals surface area contributed by atoms with E-state index in [1.54, 1.807) is 0 Å². The average molecular weight is 533 g/mol. The first-order valence-electron chi connectivity index (χ1n) is 14.8. The first kappa shape index (κ1) is 26.5. The summed E-state index contributed by atoms with van der Waals surface area (Å²) in [5, 5.41) is 3.98. The zero-order valence-corrected chi connectivity index (χ0v) is 24.5. The quantitative estimate of drug-likeness (QED) is 0.227. The number of hydrogen-bond acceptors (Lipinski definition) is 3. The largest absolute Gasteiger partial charge is 0.368 e. The van der Waals surface area contributed by atoms with Crippen molar-refractivity contribution in [2.75, 3.05) is 58.3 Å². The maximum atomic E-state index is 2.62. The Morgan fingerprint density at radius 2 is 1.52 bits per heavy atom. The minimum Gasteiger partial charge on any atom is -0.368 e. The third kappa shape index (κ3) is 5.12. The van der Waals surface area contributed by atoms with Gasteiger partial charge in [-0.15, -0.1) is 0 Å². The third-order valence-electron chi connectivity index (χ3n) is 8.57. The highest BCUT2D eigenvalue weighted by Crippen LogP contribution is 2.31. The number of fused-ring (bicyclic) bond motifs is 4. The van der Waals surface area contributed by atoms with Crippen LogP contribution in [0.25, 0.3) is 44.9 Å². The Morgan fingerprint density at radius 1 is 0.800 bits per heavy atom. The molecule has 0 aliphatic carbocycles. The fraction of sp³-hybridized carbons (Fsp3) is 0.343. The molecule has 0 unspecified atom stereocenters. The molecule has 1 aliphatic rings. The smallest absolute Gasteiger partial charge is 0.214 e. The number of benzene rings is 3. The van der Waals surface area contributed by atoms with Gasteiger partial charge in [-0.25, -0.2) is 0 Å². The monoisotopic (exact) mass is 532 g/mol. The summed E-state index contributed by atoms with van der Waals surface area (Å²) in [4.78, 5) is 7.49. The van der Waals surface area contributed by atoms with Gasteiger partial charge in [-0.2, -0.15) is 4.57 Å². The lowest BCUT2D eigenvalue weighted by molar-refractivity contribution is -0.646. The minimum absolute atomic E-state index is 0.971. The van der Waals surface area contributed by atoms with Crippen molar-refractivity contribution in [1.29, 1.82) is 0 Å². The van der Waals surface area contributed by atoms with E-state index in [2.05, 4.69) is 137 Å². The van der Waals surface area contributed by atoms with Crippen LogP contribution in [-0.4, -0.2) is 67.7 Å². The normalized spacial score (nSPS) is 15.0. The van der Waals surface area contributed by atoms with Gasteiger partial charge in [0.25, 0.3) is 0 Å². The molecule has 5 aromatic rings. The van der Waals surface area contributed by atoms with E-state index < -0.39 is 0 Å². The highest BCUT2D eigenvalue weighted by molar-refractivity contribution is 6.08. The van der Waals surface area contributed by atoms with E-state index in [0.29, 0.717) is 0 Å². The molecular formula is C35H42N5+. The molecule has 0 bridgehead atoms. The number of piperazine rings is 1. The van der Waals surface area contributed by atoms with Crippen LogP contribution in [0, 0.1) is 0 Å². The van der Waals surface area contributed by atoms with Gasteiger partial charge < -0.3 is 14.4 Å². The zero-order valence-electron chi connectivity index (χ0n) is 24.5. The molecule has 206 valence electrons. The van der Waals surface area contributed by atoms with Crippen molar-refractivity contribution in [2.24, 2.45) is 7.05 Å². The van der Waals surface area contributed by atoms with Crippen LogP contribution in [0.2, 0.25) is 0 Å². The molecule has 5 nitrogen and oxygen atoms in total. The van der Waals surface area contributed by atoms with E-state index in [9.17, 15) is 0 Å². The van der Waals surface area contributed by atoms with Crippen LogP contribution in [0.4, 0.5) is 5.69 Å². The van der Waals surface area contributed by atoms with Gasteiger partial charge >= 0.3 is 0 Å². The first-order chi connectivity index (χ1) is 19.5. The molecule has 0 saturated carbocycles. The van der Waals surface area contributed by atoms with Gasteiger partial charge in [0.1, 0.15) is 7.05 Å². The average Bonchev–Trinajstić information content (AvgIpc) is 3.30. The number of hydrogen-bond donors (Lipinski definition) is 0. The van der Waals surface area contributed by atoms with E-state index in [-0.39, 0.29) is 0 Å². The van der Waals surface area contributed by atoms with E-state index >= 15 is 0 Å². The molecule has 0 amide bonds. The number of anilines is 1. The lowest BCUT2D eigenvalue weighted by Gasteiger charge is -2.36. The molecule has 3 heterocycles. The van der Waals surface area contributed by atoms with Gasteiger partial charge in [-0.1, -0.05) is 36.4 Å². The topological polar surface area (TPSA) is 18.5 Å². The van der Waals surface area contributed by atoms with Gasteiger partial charge in [0.15, 0.2) is 0 Å². The molecule has 0 N–H and O–H groups in total. The lowest BCUT2D eigenvalue weighted by Crippen LogP contribution is -2.47. The van der Waals surface area contributed by atoms with E-state index in [0.717, 1.165) is 39.3 Å². The Bertz CT molecular complexity index is 1670. The molecule has 6 rings (SSSR count). The first-order valence-corrected chi connectivity index (χ1v) is 14.8. The molecule has 1 saturated heterocycles. The molecule has 0 atom stereocenters. The number of para-hydroxylation sites is 2. The lowest BCUT2D eigenvalue weighted by atomic mass is 10.1. The van der Waals surface area contributed by atoms with Crippen molar-refractivity contribution in [2.45, 2.75) is 19.9 Å². The SMILES string of the molecule is CCn1c2ccccc2c2cc(/C=C/c3cc(N4CCN(CCCN(C)C)CC4)c4ccccc4[n+]3C)ccc21. The second kappa shape index (κ2) is 11.4. The van der Waals surface area contributed by atoms with Gasteiger partial charge in [0, 0.05) is 72.7 Å². The van der Waals surface area contributed by atoms with Gasteiger partial charge in [0.05, 0.1) is 11.1 Å². The van der Waals surface area contributed by atoms with Crippen LogP contribution in [0.1, 0.15) is 24.6 Å². The summed E-state index contributed by atoms with van der Waals surface area (Å²) in [6.45, 7) is 9.93. The van der Waals surface area contributed by atoms with E-state index in [1.165, 1.54) is 62.6 Å². The van der Waals surface area contributed by atoms with Crippen LogP contribution in [0.5, 0.6) is 0 Å². The Hall–Kier alpha value is -3.67. The Kier molecular flexibility index (Phi) is 7.59. The molecule has 5 heteroatoms. The van der Waals surface area contributed by atoms with Crippen LogP contribution >= 0.6 is 0 Å². The highest BCUT2D eigenvalue weighted by atomic mass is 15.3. The maximum Gasteiger partial charge on any atom is 0.214 e. The van der Waals surface area contributed by atoms with Crippen LogP contribution < -0.4 is 9.47 Å². The van der Waals surface area contributed by atoms with Crippen LogP contribution in [-0.2, 0) is 13.6 Å². The predicted octanol–water partition coefficient (Wildman–Crippen LogP) is 6.04. The molecule has 0 spiro atoms. The molecule has 0 radical (unpaired) electrons. The number of aryl methyl sites for hydroxylation is 2. The number of nitrogens with zero attached hydrogens (tertiary/aromatic N) is 5. The highest BCUT2D eigenvalue weighted by Gasteiger charge is 2.22. The summed E-state index contributed by atoms with van der Waals surface area (Å²) in [7, 11) is 6.51. The Balaban J connectivity index is 1.30. The molecule has 1 fully saturated rings. The van der Waals surface area contributed by atoms with E-state index in [1.807, 2.05) is 0 Å². The van der Waals surface area contributed by atoms with Crippen LogP contribution in [0.3, 0.4) is 0 Å². The van der Waals surface area contributed by atoms with Gasteiger partial charge in [0.2, 0.25) is 11.2 Å². The van der Waals surface area contributed by atoms with Crippen molar-refractivity contribution in [1.82, 2.24) is 14.4 Å². The summed E-state index contributed by atoms with van der Waals surface area (Å²) in [5.41, 5.74) is 7.69. The fourth-order valence-corrected chi connectivity index (χ4v) is 6.38. The standard InChI is InChI=1S/C35H42N5/c1-5-40-33-14-9-6-11-29(33)31-25-27(16-18-34(31)40)15-17-28-26-35(30-12-7-8-13-32(30)37(28)4)39-23-21-38(22-24-39)20-10-19-36(2)3/h6-9,11-18,25-26H,5,10,19-24H2,1-4H3/q+1. The fourth-order valence-electron chi connectivity index (χ4n) is 6.38. The van der Waals surface area contributed by atoms with E-state index in [4.69, 9.17) is 0 Å². The summed E-state index contributed by atoms with van der Waals surface area (Å²) in [6.07, 6.45) is 5.79. The summed E-state index contributed by atoms with van der Waals surface area (Å²) in [5.74, 6) is 0. The molecule has 1 aliphatic heterocycles. The zero-order chi connectivity index (χ0) is 27.6. The maximum absolute atomic E-state index is 2.62. The molecular weight excluding hydrogens is 490 g/mol. The number of aromatic nitrogens is 2. The van der Waals surface area contributed by atoms with Gasteiger partial charge in [-0.3, -0.25) is 4.90 Å². The second-order valence-corrected chi connectivity index (χ2v) is 11.4. The molecule has 40 heavy (non-hydrogen) atoms. The minimum atomic E-state index is 0.971. The second-order valence-electron chi connectivity index (χ2n) is 11.4. The number of pyridine rings is 1. The molecule has 2 aromatic heterocycles. The van der Waals surface area contributed by atoms with Gasteiger partial charge in [-0.05, 0) is 76.4 Å². The summed E-state index contributed by atoms with van der Waals surface area (Å²) < 4.78 is 4.74. The van der Waals surface area contributed by atoms with Crippen molar-refractivity contribution in [3.63, 3.8) is 0 Å². The summed E-state index contributed by atoms with van der Waals surface area (Å²) >= 11 is 0. The van der Waals surface area contributed by atoms with Crippen molar-refractivity contribution in [3.05, 3.63) is 84.1 Å². The summed E-state index contributed by atoms with van der Waals surface area (Å²) in [6, 6.07) is 26.9. The third-order valence-corrected chi connectivity index (χ3v) is 8.57. The van der Waals surface area contributed by atoms with Crippen LogP contribution in [0.15, 0.2) is 72.8 Å². The van der Waals surface area contributed by atoms with Crippen molar-refractivity contribution < 1.29 is 4.57 Å². The Morgan fingerprint density at radius 3 is 2.30 bits per heavy atom. The Labute approximate surface area is 238 Å². The van der Waals surface area contributed by atoms with Crippen molar-refractivity contribution in [3.8, 4) is 0 Å². The molecule has 3 aromatic carbocycles.